The number of nitrogens with one attached hydrogen (secondary N) is 2. The predicted octanol–water partition coefficient (Wildman–Crippen LogP) is 2.57. The zero-order chi connectivity index (χ0) is 18.2. The number of thiazole rings is 1. The van der Waals surface area contributed by atoms with E-state index in [4.69, 9.17) is 9.47 Å². The Bertz CT molecular complexity index is 756. The van der Waals surface area contributed by atoms with E-state index < -0.39 is 0 Å². The molecule has 8 heteroatoms. The number of hydrazone groups is 1. The largest absolute Gasteiger partial charge is 0.483 e. The van der Waals surface area contributed by atoms with E-state index in [0.29, 0.717) is 12.3 Å². The van der Waals surface area contributed by atoms with Crippen molar-refractivity contribution in [2.24, 2.45) is 5.10 Å². The summed E-state index contributed by atoms with van der Waals surface area (Å²) in [6.45, 7) is 3.19. The summed E-state index contributed by atoms with van der Waals surface area (Å²) in [6, 6.07) is 7.42. The van der Waals surface area contributed by atoms with Gasteiger partial charge in [-0.2, -0.15) is 5.10 Å². The average Bonchev–Trinajstić information content (AvgIpc) is 3.31. The number of aryl methyl sites for hydroxylation is 1. The van der Waals surface area contributed by atoms with E-state index in [2.05, 4.69) is 20.8 Å². The molecular formula is C18H22N4O3S. The van der Waals surface area contributed by atoms with Crippen LogP contribution in [0.5, 0.6) is 5.75 Å². The van der Waals surface area contributed by atoms with Gasteiger partial charge in [-0.15, -0.1) is 11.3 Å². The van der Waals surface area contributed by atoms with E-state index in [1.165, 1.54) is 11.3 Å². The first kappa shape index (κ1) is 18.3. The second kappa shape index (κ2) is 9.30. The van der Waals surface area contributed by atoms with Crippen molar-refractivity contribution in [3.8, 4) is 5.75 Å². The van der Waals surface area contributed by atoms with Crippen LogP contribution in [0.25, 0.3) is 0 Å². The van der Waals surface area contributed by atoms with E-state index >= 15 is 0 Å². The number of anilines is 1. The van der Waals surface area contributed by atoms with Crippen LogP contribution < -0.4 is 15.5 Å². The summed E-state index contributed by atoms with van der Waals surface area (Å²) in [5.41, 5.74) is 4.61. The molecule has 1 aliphatic rings. The second-order valence-electron chi connectivity index (χ2n) is 5.93. The highest BCUT2D eigenvalue weighted by atomic mass is 32.1. The third-order valence-corrected chi connectivity index (χ3v) is 4.68. The molecule has 1 atom stereocenters. The molecule has 2 heterocycles. The maximum Gasteiger partial charge on any atom is 0.258 e. The smallest absolute Gasteiger partial charge is 0.258 e. The van der Waals surface area contributed by atoms with Crippen molar-refractivity contribution in [3.63, 3.8) is 0 Å². The van der Waals surface area contributed by atoms with E-state index in [9.17, 15) is 4.79 Å². The van der Waals surface area contributed by atoms with Gasteiger partial charge in [0, 0.05) is 24.1 Å². The maximum absolute atomic E-state index is 11.9. The molecular weight excluding hydrogens is 352 g/mol. The fraction of sp³-hybridized carbons (Fsp3) is 0.389. The molecule has 1 unspecified atom stereocenters. The first-order chi connectivity index (χ1) is 12.7. The molecule has 0 bridgehead atoms. The predicted molar refractivity (Wildman–Crippen MR) is 102 cm³/mol. The van der Waals surface area contributed by atoms with Crippen molar-refractivity contribution in [1.29, 1.82) is 0 Å². The minimum Gasteiger partial charge on any atom is -0.483 e. The lowest BCUT2D eigenvalue weighted by Crippen LogP contribution is -2.35. The number of amides is 1. The number of para-hydroxylation sites is 1. The molecule has 1 aromatic heterocycles. The molecule has 138 valence electrons. The molecule has 1 fully saturated rings. The van der Waals surface area contributed by atoms with Crippen molar-refractivity contribution in [3.05, 3.63) is 40.9 Å². The van der Waals surface area contributed by atoms with E-state index in [1.54, 1.807) is 6.21 Å². The molecule has 2 N–H and O–H groups in total. The van der Waals surface area contributed by atoms with E-state index in [-0.39, 0.29) is 18.6 Å². The van der Waals surface area contributed by atoms with Gasteiger partial charge in [0.15, 0.2) is 6.61 Å². The average molecular weight is 374 g/mol. The summed E-state index contributed by atoms with van der Waals surface area (Å²) in [4.78, 5) is 16.2. The van der Waals surface area contributed by atoms with Crippen molar-refractivity contribution < 1.29 is 14.3 Å². The van der Waals surface area contributed by atoms with Crippen LogP contribution in [0.3, 0.4) is 0 Å². The summed E-state index contributed by atoms with van der Waals surface area (Å²) < 4.78 is 11.1. The fourth-order valence-electron chi connectivity index (χ4n) is 2.51. The standard InChI is InChI=1S/C18H22N4O3S/c1-13-12-26-18(21-13)22-20-9-14-5-2-3-7-16(14)25-11-17(23)19-10-15-6-4-8-24-15/h2-3,5,7,9,12,15H,4,6,8,10-11H2,1H3,(H,19,23)(H,21,22). The third-order valence-electron chi connectivity index (χ3n) is 3.81. The molecule has 7 nitrogen and oxygen atoms in total. The molecule has 0 aliphatic carbocycles. The van der Waals surface area contributed by atoms with Crippen LogP contribution in [-0.4, -0.2) is 43.0 Å². The highest BCUT2D eigenvalue weighted by molar-refractivity contribution is 7.13. The number of rotatable bonds is 8. The topological polar surface area (TPSA) is 84.8 Å². The minimum atomic E-state index is -0.163. The summed E-state index contributed by atoms with van der Waals surface area (Å²) >= 11 is 1.49. The molecule has 0 saturated carbocycles. The Labute approximate surface area is 156 Å². The lowest BCUT2D eigenvalue weighted by atomic mass is 10.2. The zero-order valence-corrected chi connectivity index (χ0v) is 15.4. The number of aromatic nitrogens is 1. The van der Waals surface area contributed by atoms with Crippen LogP contribution in [0.15, 0.2) is 34.7 Å². The summed E-state index contributed by atoms with van der Waals surface area (Å²) in [5.74, 6) is 0.435. The number of ether oxygens (including phenoxy) is 2. The van der Waals surface area contributed by atoms with Crippen LogP contribution in [0.1, 0.15) is 24.1 Å². The van der Waals surface area contributed by atoms with Gasteiger partial charge in [0.2, 0.25) is 5.13 Å². The first-order valence-electron chi connectivity index (χ1n) is 8.52. The molecule has 0 radical (unpaired) electrons. The molecule has 3 rings (SSSR count). The SMILES string of the molecule is Cc1csc(NN=Cc2ccccc2OCC(=O)NCC2CCCO2)n1. The molecule has 1 amide bonds. The van der Waals surface area contributed by atoms with Gasteiger partial charge >= 0.3 is 0 Å². The van der Waals surface area contributed by atoms with Crippen molar-refractivity contribution in [1.82, 2.24) is 10.3 Å². The second-order valence-corrected chi connectivity index (χ2v) is 6.79. The van der Waals surface area contributed by atoms with Gasteiger partial charge < -0.3 is 14.8 Å². The molecule has 26 heavy (non-hydrogen) atoms. The van der Waals surface area contributed by atoms with Gasteiger partial charge in [-0.3, -0.25) is 10.2 Å². The maximum atomic E-state index is 11.9. The Hall–Kier alpha value is -2.45. The normalized spacial score (nSPS) is 16.7. The van der Waals surface area contributed by atoms with Crippen LogP contribution in [0, 0.1) is 6.92 Å². The summed E-state index contributed by atoms with van der Waals surface area (Å²) in [5, 5.41) is 9.69. The van der Waals surface area contributed by atoms with Gasteiger partial charge in [0.1, 0.15) is 5.75 Å². The van der Waals surface area contributed by atoms with Gasteiger partial charge in [-0.05, 0) is 31.9 Å². The highest BCUT2D eigenvalue weighted by Crippen LogP contribution is 2.17. The number of nitrogens with zero attached hydrogens (tertiary/aromatic N) is 2. The van der Waals surface area contributed by atoms with Crippen molar-refractivity contribution >= 4 is 28.6 Å². The van der Waals surface area contributed by atoms with Crippen molar-refractivity contribution in [2.45, 2.75) is 25.9 Å². The summed E-state index contributed by atoms with van der Waals surface area (Å²) in [6.07, 6.45) is 3.82. The van der Waals surface area contributed by atoms with Crippen molar-refractivity contribution in [2.75, 3.05) is 25.2 Å². The first-order valence-corrected chi connectivity index (χ1v) is 9.40. The summed E-state index contributed by atoms with van der Waals surface area (Å²) in [7, 11) is 0. The third kappa shape index (κ3) is 5.53. The molecule has 2 aromatic rings. The molecule has 1 saturated heterocycles. The number of hydrogen-bond donors (Lipinski definition) is 2. The van der Waals surface area contributed by atoms with E-state index in [1.807, 2.05) is 36.6 Å². The Morgan fingerprint density at radius 2 is 2.38 bits per heavy atom. The lowest BCUT2D eigenvalue weighted by Gasteiger charge is -2.12. The number of carbonyl (C=O) groups excluding carboxylic acids is 1. The highest BCUT2D eigenvalue weighted by Gasteiger charge is 2.16. The molecule has 1 aromatic carbocycles. The van der Waals surface area contributed by atoms with Crippen LogP contribution >= 0.6 is 11.3 Å². The minimum absolute atomic E-state index is 0.0450. The quantitative estimate of drug-likeness (QED) is 0.548. The van der Waals surface area contributed by atoms with E-state index in [0.717, 1.165) is 35.8 Å². The fourth-order valence-corrected chi connectivity index (χ4v) is 3.15. The van der Waals surface area contributed by atoms with Crippen LogP contribution in [0.4, 0.5) is 5.13 Å². The Morgan fingerprint density at radius 3 is 3.15 bits per heavy atom. The van der Waals surface area contributed by atoms with Crippen LogP contribution in [0.2, 0.25) is 0 Å². The van der Waals surface area contributed by atoms with Gasteiger partial charge in [0.25, 0.3) is 5.91 Å². The monoisotopic (exact) mass is 374 g/mol. The Morgan fingerprint density at radius 1 is 1.50 bits per heavy atom. The molecule has 0 spiro atoms. The van der Waals surface area contributed by atoms with Gasteiger partial charge in [-0.1, -0.05) is 12.1 Å². The van der Waals surface area contributed by atoms with Gasteiger partial charge in [-0.25, -0.2) is 4.98 Å². The number of carbonyl (C=O) groups is 1. The Kier molecular flexibility index (Phi) is 6.56. The zero-order valence-electron chi connectivity index (χ0n) is 14.6. The van der Waals surface area contributed by atoms with Gasteiger partial charge in [0.05, 0.1) is 18.0 Å². The number of hydrogen-bond acceptors (Lipinski definition) is 7. The Balaban J connectivity index is 1.49. The van der Waals surface area contributed by atoms with Crippen LogP contribution in [-0.2, 0) is 9.53 Å². The lowest BCUT2D eigenvalue weighted by molar-refractivity contribution is -0.123. The molecule has 1 aliphatic heterocycles. The number of benzene rings is 1.